The van der Waals surface area contributed by atoms with Crippen LogP contribution in [0.3, 0.4) is 0 Å². The van der Waals surface area contributed by atoms with Gasteiger partial charge in [-0.3, -0.25) is 0 Å². The van der Waals surface area contributed by atoms with Crippen molar-refractivity contribution < 1.29 is 0 Å². The average Bonchev–Trinajstić information content (AvgIpc) is 2.30. The Balaban J connectivity index is 2.23. The average molecular weight is 219 g/mol. The van der Waals surface area contributed by atoms with Crippen molar-refractivity contribution in [2.24, 2.45) is 0 Å². The van der Waals surface area contributed by atoms with Crippen LogP contribution in [0.25, 0.3) is 6.08 Å². The van der Waals surface area contributed by atoms with Crippen LogP contribution < -0.4 is 5.32 Å². The van der Waals surface area contributed by atoms with Gasteiger partial charge >= 0.3 is 0 Å². The fourth-order valence-corrected chi connectivity index (χ4v) is 2.15. The molecule has 0 radical (unpaired) electrons. The molecular formula is C13H17NS. The Bertz CT molecular complexity index is 358. The van der Waals surface area contributed by atoms with E-state index < -0.39 is 0 Å². The molecule has 0 saturated heterocycles. The van der Waals surface area contributed by atoms with E-state index in [9.17, 15) is 0 Å². The molecular weight excluding hydrogens is 202 g/mol. The van der Waals surface area contributed by atoms with E-state index in [1.807, 2.05) is 0 Å². The SMILES string of the molecule is SCCC=Cc1cccc2c1CCNC2. The van der Waals surface area contributed by atoms with Crippen LogP contribution in [0, 0.1) is 0 Å². The van der Waals surface area contributed by atoms with Crippen LogP contribution in [0.2, 0.25) is 0 Å². The van der Waals surface area contributed by atoms with E-state index in [2.05, 4.69) is 48.3 Å². The van der Waals surface area contributed by atoms with Crippen molar-refractivity contribution in [2.45, 2.75) is 19.4 Å². The summed E-state index contributed by atoms with van der Waals surface area (Å²) in [4.78, 5) is 0. The van der Waals surface area contributed by atoms with Gasteiger partial charge in [0, 0.05) is 6.54 Å². The maximum absolute atomic E-state index is 4.20. The molecule has 15 heavy (non-hydrogen) atoms. The zero-order valence-corrected chi connectivity index (χ0v) is 9.76. The van der Waals surface area contributed by atoms with Crippen molar-refractivity contribution >= 4 is 18.7 Å². The Hall–Kier alpha value is -0.730. The fourth-order valence-electron chi connectivity index (χ4n) is 2.00. The molecule has 0 unspecified atom stereocenters. The highest BCUT2D eigenvalue weighted by Crippen LogP contribution is 2.19. The standard InChI is InChI=1S/C13H17NS/c15-9-2-1-4-11-5-3-6-12-10-14-8-7-13(11)12/h1,3-6,14-15H,2,7-10H2. The first kappa shape index (κ1) is 10.8. The van der Waals surface area contributed by atoms with E-state index >= 15 is 0 Å². The number of thiol groups is 1. The Morgan fingerprint density at radius 2 is 2.33 bits per heavy atom. The highest BCUT2D eigenvalue weighted by atomic mass is 32.1. The summed E-state index contributed by atoms with van der Waals surface area (Å²) in [6, 6.07) is 6.57. The number of benzene rings is 1. The van der Waals surface area contributed by atoms with E-state index in [-0.39, 0.29) is 0 Å². The number of rotatable bonds is 3. The first-order chi connectivity index (χ1) is 7.42. The van der Waals surface area contributed by atoms with Crippen LogP contribution in [0.1, 0.15) is 23.1 Å². The summed E-state index contributed by atoms with van der Waals surface area (Å²) in [7, 11) is 0. The predicted octanol–water partition coefficient (Wildman–Crippen LogP) is 2.67. The molecule has 1 aliphatic rings. The van der Waals surface area contributed by atoms with Gasteiger partial charge in [0.25, 0.3) is 0 Å². The lowest BCUT2D eigenvalue weighted by Gasteiger charge is -2.18. The zero-order chi connectivity index (χ0) is 10.5. The van der Waals surface area contributed by atoms with E-state index in [4.69, 9.17) is 0 Å². The smallest absolute Gasteiger partial charge is 0.0208 e. The first-order valence-corrected chi connectivity index (χ1v) is 6.14. The maximum Gasteiger partial charge on any atom is 0.0208 e. The normalized spacial score (nSPS) is 15.5. The Labute approximate surface area is 97.0 Å². The van der Waals surface area contributed by atoms with Gasteiger partial charge in [-0.2, -0.15) is 12.6 Å². The largest absolute Gasteiger partial charge is 0.312 e. The third-order valence-electron chi connectivity index (χ3n) is 2.77. The molecule has 1 heterocycles. The molecule has 1 nitrogen and oxygen atoms in total. The van der Waals surface area contributed by atoms with Gasteiger partial charge in [0.2, 0.25) is 0 Å². The minimum Gasteiger partial charge on any atom is -0.312 e. The van der Waals surface area contributed by atoms with E-state index in [0.29, 0.717) is 0 Å². The number of nitrogens with one attached hydrogen (secondary N) is 1. The number of allylic oxidation sites excluding steroid dienone is 1. The lowest BCUT2D eigenvalue weighted by Crippen LogP contribution is -2.24. The van der Waals surface area contributed by atoms with E-state index in [1.54, 1.807) is 0 Å². The Morgan fingerprint density at radius 3 is 3.20 bits per heavy atom. The molecule has 0 amide bonds. The van der Waals surface area contributed by atoms with Crippen molar-refractivity contribution in [3.63, 3.8) is 0 Å². The first-order valence-electron chi connectivity index (χ1n) is 5.50. The summed E-state index contributed by atoms with van der Waals surface area (Å²) in [5.41, 5.74) is 4.36. The van der Waals surface area contributed by atoms with E-state index in [0.717, 1.165) is 31.7 Å². The molecule has 0 atom stereocenters. The summed E-state index contributed by atoms with van der Waals surface area (Å²) < 4.78 is 0. The second kappa shape index (κ2) is 5.38. The van der Waals surface area contributed by atoms with Crippen LogP contribution in [0.4, 0.5) is 0 Å². The summed E-state index contributed by atoms with van der Waals surface area (Å²) in [5.74, 6) is 0.924. The molecule has 0 saturated carbocycles. The lowest BCUT2D eigenvalue weighted by molar-refractivity contribution is 0.643. The highest BCUT2D eigenvalue weighted by molar-refractivity contribution is 7.80. The summed E-state index contributed by atoms with van der Waals surface area (Å²) >= 11 is 4.20. The van der Waals surface area contributed by atoms with Crippen LogP contribution in [0.15, 0.2) is 24.3 Å². The van der Waals surface area contributed by atoms with Gasteiger partial charge in [0.15, 0.2) is 0 Å². The molecule has 0 fully saturated rings. The fraction of sp³-hybridized carbons (Fsp3) is 0.385. The molecule has 0 aromatic heterocycles. The van der Waals surface area contributed by atoms with Gasteiger partial charge in [0.1, 0.15) is 0 Å². The molecule has 0 spiro atoms. The van der Waals surface area contributed by atoms with Crippen molar-refractivity contribution in [3.05, 3.63) is 41.0 Å². The molecule has 2 rings (SSSR count). The van der Waals surface area contributed by atoms with Crippen LogP contribution in [-0.4, -0.2) is 12.3 Å². The molecule has 1 N–H and O–H groups in total. The third-order valence-corrected chi connectivity index (χ3v) is 3.03. The van der Waals surface area contributed by atoms with E-state index in [1.165, 1.54) is 16.7 Å². The molecule has 1 aromatic rings. The second-order valence-corrected chi connectivity index (χ2v) is 4.27. The Morgan fingerprint density at radius 1 is 1.40 bits per heavy atom. The van der Waals surface area contributed by atoms with Gasteiger partial charge < -0.3 is 5.32 Å². The predicted molar refractivity (Wildman–Crippen MR) is 69.4 cm³/mol. The maximum atomic E-state index is 4.20. The minimum atomic E-state index is 0.924. The molecule has 1 aromatic carbocycles. The summed E-state index contributed by atoms with van der Waals surface area (Å²) in [6.45, 7) is 2.12. The zero-order valence-electron chi connectivity index (χ0n) is 8.87. The van der Waals surface area contributed by atoms with Crippen LogP contribution in [0.5, 0.6) is 0 Å². The second-order valence-electron chi connectivity index (χ2n) is 3.83. The van der Waals surface area contributed by atoms with Gasteiger partial charge in [-0.25, -0.2) is 0 Å². The molecule has 0 aliphatic carbocycles. The number of fused-ring (bicyclic) bond motifs is 1. The third kappa shape index (κ3) is 2.64. The molecule has 2 heteroatoms. The van der Waals surface area contributed by atoms with Gasteiger partial charge in [0.05, 0.1) is 0 Å². The van der Waals surface area contributed by atoms with Crippen molar-refractivity contribution in [3.8, 4) is 0 Å². The summed E-state index contributed by atoms with van der Waals surface area (Å²) in [5, 5.41) is 3.40. The monoisotopic (exact) mass is 219 g/mol. The number of hydrogen-bond donors (Lipinski definition) is 2. The van der Waals surface area contributed by atoms with Gasteiger partial charge in [-0.1, -0.05) is 30.4 Å². The lowest BCUT2D eigenvalue weighted by atomic mass is 9.95. The highest BCUT2D eigenvalue weighted by Gasteiger charge is 2.10. The summed E-state index contributed by atoms with van der Waals surface area (Å²) in [6.07, 6.45) is 6.65. The molecule has 0 bridgehead atoms. The van der Waals surface area contributed by atoms with Gasteiger partial charge in [-0.05, 0) is 41.8 Å². The topological polar surface area (TPSA) is 12.0 Å². The van der Waals surface area contributed by atoms with Crippen molar-refractivity contribution in [1.82, 2.24) is 5.32 Å². The molecule has 80 valence electrons. The van der Waals surface area contributed by atoms with Crippen molar-refractivity contribution in [1.29, 1.82) is 0 Å². The van der Waals surface area contributed by atoms with Gasteiger partial charge in [-0.15, -0.1) is 0 Å². The van der Waals surface area contributed by atoms with Crippen LogP contribution in [-0.2, 0) is 13.0 Å². The Kier molecular flexibility index (Phi) is 3.87. The quantitative estimate of drug-likeness (QED) is 0.745. The minimum absolute atomic E-state index is 0.924. The molecule has 1 aliphatic heterocycles. The number of hydrogen-bond acceptors (Lipinski definition) is 2. The van der Waals surface area contributed by atoms with Crippen molar-refractivity contribution in [2.75, 3.05) is 12.3 Å². The van der Waals surface area contributed by atoms with Crippen LogP contribution >= 0.6 is 12.6 Å².